The highest BCUT2D eigenvalue weighted by Gasteiger charge is 2.28. The molecule has 1 aliphatic heterocycles. The summed E-state index contributed by atoms with van der Waals surface area (Å²) in [5.41, 5.74) is 0.736. The number of carbonyl (C=O) groups is 1. The van der Waals surface area contributed by atoms with Crippen LogP contribution in [0.25, 0.3) is 0 Å². The van der Waals surface area contributed by atoms with Crippen LogP contribution in [0, 0.1) is 0 Å². The quantitative estimate of drug-likeness (QED) is 0.778. The van der Waals surface area contributed by atoms with E-state index in [0.29, 0.717) is 24.7 Å². The van der Waals surface area contributed by atoms with Crippen LogP contribution in [-0.2, 0) is 4.74 Å². The number of carbonyl (C=O) groups excluding carboxylic acids is 1. The number of nitrogens with zero attached hydrogens (tertiary/aromatic N) is 1. The van der Waals surface area contributed by atoms with Gasteiger partial charge in [0.2, 0.25) is 0 Å². The van der Waals surface area contributed by atoms with Gasteiger partial charge >= 0.3 is 6.03 Å². The van der Waals surface area contributed by atoms with E-state index in [1.807, 2.05) is 60.4 Å². The summed E-state index contributed by atoms with van der Waals surface area (Å²) in [6.07, 6.45) is 2.00. The van der Waals surface area contributed by atoms with Crippen molar-refractivity contribution < 1.29 is 19.0 Å². The van der Waals surface area contributed by atoms with E-state index in [9.17, 15) is 4.79 Å². The topological polar surface area (TPSA) is 60.0 Å². The minimum atomic E-state index is -0.0846. The van der Waals surface area contributed by atoms with E-state index in [0.717, 1.165) is 30.8 Å². The Hall–Kier alpha value is -2.73. The molecule has 6 nitrogen and oxygen atoms in total. The third-order valence-corrected chi connectivity index (χ3v) is 4.53. The fourth-order valence-electron chi connectivity index (χ4n) is 3.13. The normalized spacial score (nSPS) is 16.2. The van der Waals surface area contributed by atoms with Crippen LogP contribution < -0.4 is 14.8 Å². The van der Waals surface area contributed by atoms with Crippen molar-refractivity contribution in [2.45, 2.75) is 25.8 Å². The summed E-state index contributed by atoms with van der Waals surface area (Å²) in [7, 11) is 1.62. The van der Waals surface area contributed by atoms with E-state index in [4.69, 9.17) is 14.2 Å². The Balaban J connectivity index is 1.57. The molecule has 1 fully saturated rings. The first-order chi connectivity index (χ1) is 13.2. The monoisotopic (exact) mass is 370 g/mol. The van der Waals surface area contributed by atoms with Gasteiger partial charge in [-0.1, -0.05) is 6.07 Å². The number of nitrogens with one attached hydrogen (secondary N) is 1. The number of rotatable bonds is 7. The largest absolute Gasteiger partial charge is 0.497 e. The Labute approximate surface area is 160 Å². The number of methoxy groups -OCH3 is 1. The lowest BCUT2D eigenvalue weighted by molar-refractivity contribution is 0.0970. The molecule has 3 rings (SSSR count). The number of amides is 2. The van der Waals surface area contributed by atoms with Gasteiger partial charge < -0.3 is 24.4 Å². The molecular formula is C21H26N2O4. The minimum Gasteiger partial charge on any atom is -0.497 e. The van der Waals surface area contributed by atoms with Crippen LogP contribution in [0.3, 0.4) is 0 Å². The maximum atomic E-state index is 12.5. The van der Waals surface area contributed by atoms with Crippen LogP contribution in [-0.4, -0.2) is 43.8 Å². The van der Waals surface area contributed by atoms with Gasteiger partial charge in [0, 0.05) is 24.9 Å². The molecule has 1 heterocycles. The molecule has 1 N–H and O–H groups in total. The van der Waals surface area contributed by atoms with Crippen molar-refractivity contribution >= 4 is 11.7 Å². The Morgan fingerprint density at radius 3 is 2.67 bits per heavy atom. The molecule has 0 bridgehead atoms. The first kappa shape index (κ1) is 19.0. The maximum absolute atomic E-state index is 12.5. The molecule has 0 aliphatic carbocycles. The molecule has 0 aromatic heterocycles. The van der Waals surface area contributed by atoms with E-state index >= 15 is 0 Å². The lowest BCUT2D eigenvalue weighted by atomic mass is 10.2. The summed E-state index contributed by atoms with van der Waals surface area (Å²) < 4.78 is 16.5. The third kappa shape index (κ3) is 5.14. The molecule has 2 aromatic carbocycles. The molecule has 27 heavy (non-hydrogen) atoms. The number of urea groups is 1. The number of benzene rings is 2. The van der Waals surface area contributed by atoms with E-state index in [-0.39, 0.29) is 12.1 Å². The molecule has 0 spiro atoms. The molecule has 2 aromatic rings. The highest BCUT2D eigenvalue weighted by atomic mass is 16.5. The average Bonchev–Trinajstić information content (AvgIpc) is 3.17. The van der Waals surface area contributed by atoms with Crippen molar-refractivity contribution in [2.24, 2.45) is 0 Å². The van der Waals surface area contributed by atoms with Gasteiger partial charge in [-0.2, -0.15) is 0 Å². The smallest absolute Gasteiger partial charge is 0.322 e. The van der Waals surface area contributed by atoms with Crippen LogP contribution in [0.1, 0.15) is 19.8 Å². The molecule has 0 saturated carbocycles. The van der Waals surface area contributed by atoms with Crippen LogP contribution >= 0.6 is 0 Å². The Morgan fingerprint density at radius 2 is 1.93 bits per heavy atom. The number of ether oxygens (including phenoxy) is 3. The van der Waals surface area contributed by atoms with Gasteiger partial charge in [0.15, 0.2) is 0 Å². The number of hydrogen-bond donors (Lipinski definition) is 1. The molecule has 0 radical (unpaired) electrons. The predicted molar refractivity (Wildman–Crippen MR) is 105 cm³/mol. The molecule has 6 heteroatoms. The Morgan fingerprint density at radius 1 is 1.15 bits per heavy atom. The van der Waals surface area contributed by atoms with Crippen LogP contribution in [0.4, 0.5) is 10.5 Å². The second-order valence-corrected chi connectivity index (χ2v) is 6.38. The Kier molecular flexibility index (Phi) is 6.54. The van der Waals surface area contributed by atoms with E-state index in [1.54, 1.807) is 7.11 Å². The van der Waals surface area contributed by atoms with Crippen LogP contribution in [0.2, 0.25) is 0 Å². The zero-order valence-corrected chi connectivity index (χ0v) is 15.8. The van der Waals surface area contributed by atoms with Crippen molar-refractivity contribution in [2.75, 3.05) is 32.2 Å². The molecule has 1 unspecified atom stereocenters. The SMILES string of the molecule is CCOCC1CCCN1C(=O)Nc1ccc(Oc2cccc(OC)c2)cc1. The fraction of sp³-hybridized carbons (Fsp3) is 0.381. The zero-order chi connectivity index (χ0) is 19.1. The summed E-state index contributed by atoms with van der Waals surface area (Å²) >= 11 is 0. The van der Waals surface area contributed by atoms with E-state index in [2.05, 4.69) is 5.32 Å². The molecule has 144 valence electrons. The summed E-state index contributed by atoms with van der Waals surface area (Å²) in [6.45, 7) is 3.99. The summed E-state index contributed by atoms with van der Waals surface area (Å²) in [6, 6.07) is 14.8. The third-order valence-electron chi connectivity index (χ3n) is 4.53. The van der Waals surface area contributed by atoms with E-state index in [1.165, 1.54) is 0 Å². The van der Waals surface area contributed by atoms with E-state index < -0.39 is 0 Å². The van der Waals surface area contributed by atoms with Crippen molar-refractivity contribution in [1.29, 1.82) is 0 Å². The van der Waals surface area contributed by atoms with Gasteiger partial charge in [0.1, 0.15) is 17.2 Å². The minimum absolute atomic E-state index is 0.0846. The van der Waals surface area contributed by atoms with Gasteiger partial charge in [-0.15, -0.1) is 0 Å². The molecule has 1 saturated heterocycles. The molecule has 1 aliphatic rings. The number of anilines is 1. The summed E-state index contributed by atoms with van der Waals surface area (Å²) in [5, 5.41) is 2.96. The van der Waals surface area contributed by atoms with Gasteiger partial charge in [-0.3, -0.25) is 0 Å². The lowest BCUT2D eigenvalue weighted by Gasteiger charge is -2.24. The first-order valence-corrected chi connectivity index (χ1v) is 9.27. The van der Waals surface area contributed by atoms with Crippen molar-refractivity contribution in [3.8, 4) is 17.2 Å². The van der Waals surface area contributed by atoms with Crippen LogP contribution in [0.15, 0.2) is 48.5 Å². The summed E-state index contributed by atoms with van der Waals surface area (Å²) in [5.74, 6) is 2.13. The first-order valence-electron chi connectivity index (χ1n) is 9.27. The van der Waals surface area contributed by atoms with Gasteiger partial charge in [0.05, 0.1) is 19.8 Å². The number of likely N-dealkylation sites (tertiary alicyclic amines) is 1. The average molecular weight is 370 g/mol. The standard InChI is InChI=1S/C21H26N2O4/c1-3-26-15-17-6-5-13-23(17)21(24)22-16-9-11-18(12-10-16)27-20-8-4-7-19(14-20)25-2/h4,7-12,14,17H,3,5-6,13,15H2,1-2H3,(H,22,24). The predicted octanol–water partition coefficient (Wildman–Crippen LogP) is 4.52. The van der Waals surface area contributed by atoms with Crippen LogP contribution in [0.5, 0.6) is 17.2 Å². The highest BCUT2D eigenvalue weighted by Crippen LogP contribution is 2.26. The van der Waals surface area contributed by atoms with Gasteiger partial charge in [-0.05, 0) is 56.2 Å². The van der Waals surface area contributed by atoms with Crippen molar-refractivity contribution in [1.82, 2.24) is 4.90 Å². The lowest BCUT2D eigenvalue weighted by Crippen LogP contribution is -2.41. The zero-order valence-electron chi connectivity index (χ0n) is 15.8. The number of hydrogen-bond acceptors (Lipinski definition) is 4. The van der Waals surface area contributed by atoms with Gasteiger partial charge in [0.25, 0.3) is 0 Å². The second-order valence-electron chi connectivity index (χ2n) is 6.38. The van der Waals surface area contributed by atoms with Crippen molar-refractivity contribution in [3.05, 3.63) is 48.5 Å². The van der Waals surface area contributed by atoms with Crippen molar-refractivity contribution in [3.63, 3.8) is 0 Å². The fourth-order valence-corrected chi connectivity index (χ4v) is 3.13. The Bertz CT molecular complexity index is 748. The van der Waals surface area contributed by atoms with Gasteiger partial charge in [-0.25, -0.2) is 4.79 Å². The summed E-state index contributed by atoms with van der Waals surface area (Å²) in [4.78, 5) is 14.4. The molecule has 1 atom stereocenters. The maximum Gasteiger partial charge on any atom is 0.322 e. The highest BCUT2D eigenvalue weighted by molar-refractivity contribution is 5.89. The second kappa shape index (κ2) is 9.28. The molecular weight excluding hydrogens is 344 g/mol. The molecule has 2 amide bonds.